The highest BCUT2D eigenvalue weighted by Crippen LogP contribution is 2.12. The van der Waals surface area contributed by atoms with Gasteiger partial charge in [0.15, 0.2) is 0 Å². The number of anilines is 1. The summed E-state index contributed by atoms with van der Waals surface area (Å²) in [6.07, 6.45) is 3.84. The number of aromatic nitrogens is 1. The molecule has 1 heterocycles. The Labute approximate surface area is 112 Å². The molecular formula is C15H17N3O. The second-order valence-corrected chi connectivity index (χ2v) is 4.48. The molecule has 0 aliphatic carbocycles. The van der Waals surface area contributed by atoms with E-state index in [0.717, 1.165) is 11.1 Å². The zero-order chi connectivity index (χ0) is 13.7. The summed E-state index contributed by atoms with van der Waals surface area (Å²) in [5.41, 5.74) is 8.64. The van der Waals surface area contributed by atoms with Crippen LogP contribution >= 0.6 is 0 Å². The third-order valence-electron chi connectivity index (χ3n) is 2.93. The second-order valence-electron chi connectivity index (χ2n) is 4.48. The van der Waals surface area contributed by atoms with Crippen molar-refractivity contribution in [1.82, 2.24) is 4.98 Å². The van der Waals surface area contributed by atoms with Crippen molar-refractivity contribution in [2.24, 2.45) is 5.73 Å². The number of carbonyl (C=O) groups excluding carboxylic acids is 1. The van der Waals surface area contributed by atoms with Crippen LogP contribution in [0.2, 0.25) is 0 Å². The number of benzene rings is 1. The monoisotopic (exact) mass is 255 g/mol. The molecule has 3 N–H and O–H groups in total. The van der Waals surface area contributed by atoms with E-state index in [-0.39, 0.29) is 5.91 Å². The van der Waals surface area contributed by atoms with Gasteiger partial charge in [-0.1, -0.05) is 30.3 Å². The topological polar surface area (TPSA) is 68.0 Å². The van der Waals surface area contributed by atoms with Crippen LogP contribution in [0.15, 0.2) is 48.8 Å². The molecule has 0 saturated heterocycles. The van der Waals surface area contributed by atoms with Gasteiger partial charge in [-0.3, -0.25) is 9.78 Å². The Morgan fingerprint density at radius 1 is 1.32 bits per heavy atom. The van der Waals surface area contributed by atoms with Crippen LogP contribution in [-0.4, -0.2) is 16.9 Å². The van der Waals surface area contributed by atoms with Gasteiger partial charge in [0.2, 0.25) is 5.91 Å². The van der Waals surface area contributed by atoms with Crippen LogP contribution in [0.1, 0.15) is 11.1 Å². The van der Waals surface area contributed by atoms with Gasteiger partial charge in [-0.05, 0) is 30.5 Å². The average Bonchev–Trinajstić information content (AvgIpc) is 2.42. The van der Waals surface area contributed by atoms with Crippen LogP contribution < -0.4 is 11.1 Å². The van der Waals surface area contributed by atoms with Crippen LogP contribution in [0.4, 0.5) is 5.69 Å². The summed E-state index contributed by atoms with van der Waals surface area (Å²) in [5, 5.41) is 2.80. The summed E-state index contributed by atoms with van der Waals surface area (Å²) in [6, 6.07) is 11.0. The molecular weight excluding hydrogens is 238 g/mol. The van der Waals surface area contributed by atoms with Gasteiger partial charge in [-0.2, -0.15) is 0 Å². The Morgan fingerprint density at radius 2 is 2.05 bits per heavy atom. The Hall–Kier alpha value is -2.20. The Balaban J connectivity index is 1.99. The van der Waals surface area contributed by atoms with Crippen molar-refractivity contribution in [2.45, 2.75) is 19.4 Å². The van der Waals surface area contributed by atoms with Gasteiger partial charge in [-0.15, -0.1) is 0 Å². The molecule has 98 valence electrons. The fourth-order valence-corrected chi connectivity index (χ4v) is 1.78. The molecule has 0 aliphatic rings. The van der Waals surface area contributed by atoms with Gasteiger partial charge in [0.1, 0.15) is 0 Å². The van der Waals surface area contributed by atoms with Crippen molar-refractivity contribution in [2.75, 3.05) is 5.32 Å². The van der Waals surface area contributed by atoms with E-state index in [1.54, 1.807) is 12.4 Å². The van der Waals surface area contributed by atoms with E-state index >= 15 is 0 Å². The maximum Gasteiger partial charge on any atom is 0.241 e. The second kappa shape index (κ2) is 6.11. The van der Waals surface area contributed by atoms with Crippen LogP contribution in [0.3, 0.4) is 0 Å². The SMILES string of the molecule is Cc1ccncc1NC(=O)C(N)Cc1ccccc1. The number of pyridine rings is 1. The van der Waals surface area contributed by atoms with Crippen molar-refractivity contribution in [1.29, 1.82) is 0 Å². The fourth-order valence-electron chi connectivity index (χ4n) is 1.78. The van der Waals surface area contributed by atoms with Gasteiger partial charge >= 0.3 is 0 Å². The fraction of sp³-hybridized carbons (Fsp3) is 0.200. The van der Waals surface area contributed by atoms with Crippen molar-refractivity contribution < 1.29 is 4.79 Å². The van der Waals surface area contributed by atoms with E-state index in [1.165, 1.54) is 0 Å². The molecule has 1 unspecified atom stereocenters. The lowest BCUT2D eigenvalue weighted by molar-refractivity contribution is -0.117. The molecule has 1 aromatic carbocycles. The molecule has 0 spiro atoms. The molecule has 4 heteroatoms. The van der Waals surface area contributed by atoms with Gasteiger partial charge in [0.05, 0.1) is 17.9 Å². The first-order chi connectivity index (χ1) is 9.16. The van der Waals surface area contributed by atoms with Gasteiger partial charge < -0.3 is 11.1 Å². The maximum absolute atomic E-state index is 12.0. The molecule has 0 bridgehead atoms. The molecule has 1 atom stereocenters. The summed E-state index contributed by atoms with van der Waals surface area (Å²) >= 11 is 0. The predicted octanol–water partition coefficient (Wildman–Crippen LogP) is 1.90. The quantitative estimate of drug-likeness (QED) is 0.876. The van der Waals surface area contributed by atoms with E-state index in [9.17, 15) is 4.79 Å². The van der Waals surface area contributed by atoms with Crippen LogP contribution in [0.25, 0.3) is 0 Å². The number of nitrogens with two attached hydrogens (primary N) is 1. The molecule has 0 saturated carbocycles. The largest absolute Gasteiger partial charge is 0.323 e. The lowest BCUT2D eigenvalue weighted by atomic mass is 10.1. The minimum absolute atomic E-state index is 0.194. The smallest absolute Gasteiger partial charge is 0.241 e. The molecule has 0 aliphatic heterocycles. The lowest BCUT2D eigenvalue weighted by Crippen LogP contribution is -2.37. The van der Waals surface area contributed by atoms with Crippen LogP contribution in [0, 0.1) is 6.92 Å². The highest BCUT2D eigenvalue weighted by molar-refractivity contribution is 5.95. The minimum Gasteiger partial charge on any atom is -0.323 e. The Morgan fingerprint density at radius 3 is 2.74 bits per heavy atom. The molecule has 0 radical (unpaired) electrons. The van der Waals surface area contributed by atoms with Gasteiger partial charge in [0.25, 0.3) is 0 Å². The number of aryl methyl sites for hydroxylation is 1. The third-order valence-corrected chi connectivity index (χ3v) is 2.93. The first kappa shape index (κ1) is 13.2. The van der Waals surface area contributed by atoms with E-state index in [2.05, 4.69) is 10.3 Å². The minimum atomic E-state index is -0.568. The highest BCUT2D eigenvalue weighted by Gasteiger charge is 2.14. The Kier molecular flexibility index (Phi) is 4.26. The van der Waals surface area contributed by atoms with E-state index in [0.29, 0.717) is 12.1 Å². The van der Waals surface area contributed by atoms with Crippen LogP contribution in [-0.2, 0) is 11.2 Å². The molecule has 2 aromatic rings. The average molecular weight is 255 g/mol. The standard InChI is InChI=1S/C15H17N3O/c1-11-7-8-17-10-14(11)18-15(19)13(16)9-12-5-3-2-4-6-12/h2-8,10,13H,9,16H2,1H3,(H,18,19). The van der Waals surface area contributed by atoms with E-state index in [1.807, 2.05) is 43.3 Å². The lowest BCUT2D eigenvalue weighted by Gasteiger charge is -2.13. The number of hydrogen-bond acceptors (Lipinski definition) is 3. The molecule has 19 heavy (non-hydrogen) atoms. The molecule has 1 amide bonds. The Bertz CT molecular complexity index is 554. The summed E-state index contributed by atoms with van der Waals surface area (Å²) < 4.78 is 0. The predicted molar refractivity (Wildman–Crippen MR) is 75.7 cm³/mol. The van der Waals surface area contributed by atoms with Crippen molar-refractivity contribution >= 4 is 11.6 Å². The summed E-state index contributed by atoms with van der Waals surface area (Å²) in [4.78, 5) is 16.0. The van der Waals surface area contributed by atoms with E-state index in [4.69, 9.17) is 5.73 Å². The maximum atomic E-state index is 12.0. The molecule has 1 aromatic heterocycles. The first-order valence-electron chi connectivity index (χ1n) is 6.18. The first-order valence-corrected chi connectivity index (χ1v) is 6.18. The number of nitrogens with one attached hydrogen (secondary N) is 1. The van der Waals surface area contributed by atoms with Gasteiger partial charge in [0, 0.05) is 6.20 Å². The van der Waals surface area contributed by atoms with Crippen LogP contribution in [0.5, 0.6) is 0 Å². The summed E-state index contributed by atoms with van der Waals surface area (Å²) in [5.74, 6) is -0.194. The van der Waals surface area contributed by atoms with E-state index < -0.39 is 6.04 Å². The number of rotatable bonds is 4. The third kappa shape index (κ3) is 3.63. The number of nitrogens with zero attached hydrogens (tertiary/aromatic N) is 1. The van der Waals surface area contributed by atoms with Crippen molar-refractivity contribution in [3.63, 3.8) is 0 Å². The zero-order valence-corrected chi connectivity index (χ0v) is 10.8. The normalized spacial score (nSPS) is 11.9. The number of hydrogen-bond donors (Lipinski definition) is 2. The number of amides is 1. The summed E-state index contributed by atoms with van der Waals surface area (Å²) in [6.45, 7) is 1.92. The molecule has 0 fully saturated rings. The number of carbonyl (C=O) groups is 1. The summed E-state index contributed by atoms with van der Waals surface area (Å²) in [7, 11) is 0. The van der Waals surface area contributed by atoms with Gasteiger partial charge in [-0.25, -0.2) is 0 Å². The zero-order valence-electron chi connectivity index (χ0n) is 10.8. The molecule has 2 rings (SSSR count). The van der Waals surface area contributed by atoms with Crippen molar-refractivity contribution in [3.8, 4) is 0 Å². The molecule has 4 nitrogen and oxygen atoms in total. The van der Waals surface area contributed by atoms with Crippen molar-refractivity contribution in [3.05, 3.63) is 59.9 Å². The highest BCUT2D eigenvalue weighted by atomic mass is 16.2.